The van der Waals surface area contributed by atoms with Gasteiger partial charge in [-0.05, 0) is 12.1 Å². The monoisotopic (exact) mass is 248 g/mol. The Morgan fingerprint density at radius 2 is 2.22 bits per heavy atom. The Balaban J connectivity index is 2.30. The van der Waals surface area contributed by atoms with E-state index in [1.807, 2.05) is 12.1 Å². The number of fused-ring (bicyclic) bond motifs is 2. The molecular weight excluding hydrogens is 236 g/mol. The predicted molar refractivity (Wildman–Crippen MR) is 62.8 cm³/mol. The van der Waals surface area contributed by atoms with Crippen LogP contribution in [-0.2, 0) is 9.53 Å². The fraction of sp³-hybridized carbons (Fsp3) is 0.308. The highest BCUT2D eigenvalue weighted by Gasteiger charge is 2.31. The Bertz CT molecular complexity index is 613. The molecule has 0 saturated carbocycles. The van der Waals surface area contributed by atoms with E-state index in [4.69, 9.17) is 18.6 Å². The number of esters is 1. The van der Waals surface area contributed by atoms with Crippen LogP contribution in [-0.4, -0.2) is 20.2 Å². The van der Waals surface area contributed by atoms with Gasteiger partial charge in [0.1, 0.15) is 0 Å². The third-order valence-corrected chi connectivity index (χ3v) is 3.08. The Hall–Kier alpha value is -2.01. The molecule has 1 aliphatic heterocycles. The summed E-state index contributed by atoms with van der Waals surface area (Å²) in [4.78, 5) is 11.5. The first-order valence-corrected chi connectivity index (χ1v) is 5.56. The second kappa shape index (κ2) is 4.03. The molecule has 0 spiro atoms. The van der Waals surface area contributed by atoms with Crippen molar-refractivity contribution < 1.29 is 23.4 Å². The van der Waals surface area contributed by atoms with Crippen LogP contribution in [0.5, 0.6) is 11.5 Å². The summed E-state index contributed by atoms with van der Waals surface area (Å²) >= 11 is 0. The third-order valence-electron chi connectivity index (χ3n) is 3.08. The first kappa shape index (κ1) is 11.1. The molecule has 94 valence electrons. The van der Waals surface area contributed by atoms with Gasteiger partial charge < -0.3 is 18.6 Å². The molecule has 0 fully saturated rings. The van der Waals surface area contributed by atoms with Crippen molar-refractivity contribution in [1.82, 2.24) is 0 Å². The molecule has 1 aliphatic rings. The fourth-order valence-corrected chi connectivity index (χ4v) is 2.24. The van der Waals surface area contributed by atoms with Crippen molar-refractivity contribution >= 4 is 16.9 Å². The van der Waals surface area contributed by atoms with Gasteiger partial charge in [0.15, 0.2) is 11.3 Å². The number of benzene rings is 1. The minimum atomic E-state index is -0.335. The summed E-state index contributed by atoms with van der Waals surface area (Å²) in [6.45, 7) is 0. The lowest BCUT2D eigenvalue weighted by molar-refractivity contribution is -0.139. The summed E-state index contributed by atoms with van der Waals surface area (Å²) in [5.74, 6) is 0.490. The highest BCUT2D eigenvalue weighted by Crippen LogP contribution is 2.45. The first-order valence-electron chi connectivity index (χ1n) is 5.56. The molecule has 0 bridgehead atoms. The Morgan fingerprint density at radius 1 is 1.39 bits per heavy atom. The minimum Gasteiger partial charge on any atom is -0.490 e. The molecule has 1 aromatic carbocycles. The van der Waals surface area contributed by atoms with Crippen LogP contribution < -0.4 is 9.47 Å². The van der Waals surface area contributed by atoms with Crippen molar-refractivity contribution in [2.75, 3.05) is 14.2 Å². The maximum Gasteiger partial charge on any atom is 0.314 e. The number of hydrogen-bond donors (Lipinski definition) is 0. The highest BCUT2D eigenvalue weighted by molar-refractivity contribution is 5.90. The maximum absolute atomic E-state index is 11.5. The summed E-state index contributed by atoms with van der Waals surface area (Å²) in [6.07, 6.45) is 1.47. The van der Waals surface area contributed by atoms with Crippen LogP contribution in [0.15, 0.2) is 22.8 Å². The van der Waals surface area contributed by atoms with Gasteiger partial charge in [0, 0.05) is 18.1 Å². The highest BCUT2D eigenvalue weighted by atomic mass is 16.6. The van der Waals surface area contributed by atoms with Crippen LogP contribution >= 0.6 is 0 Å². The minimum absolute atomic E-state index is 0.204. The van der Waals surface area contributed by atoms with E-state index in [9.17, 15) is 4.79 Å². The van der Waals surface area contributed by atoms with E-state index >= 15 is 0 Å². The number of carbonyl (C=O) groups excluding carboxylic acids is 1. The lowest BCUT2D eigenvalue weighted by Crippen LogP contribution is -2.21. The molecule has 0 N–H and O–H groups in total. The SMILES string of the molecule is COc1c2c(cc3ccoc13)[C@@H](OC)CC(=O)O2. The molecule has 18 heavy (non-hydrogen) atoms. The molecule has 3 rings (SSSR count). The van der Waals surface area contributed by atoms with Crippen molar-refractivity contribution in [3.05, 3.63) is 24.0 Å². The molecule has 0 radical (unpaired) electrons. The third kappa shape index (κ3) is 1.48. The number of rotatable bonds is 2. The summed E-state index contributed by atoms with van der Waals surface area (Å²) in [6, 6.07) is 3.73. The van der Waals surface area contributed by atoms with Gasteiger partial charge in [-0.2, -0.15) is 0 Å². The van der Waals surface area contributed by atoms with Crippen LogP contribution in [0, 0.1) is 0 Å². The van der Waals surface area contributed by atoms with E-state index in [0.717, 1.165) is 10.9 Å². The normalized spacial score (nSPS) is 18.6. The van der Waals surface area contributed by atoms with Crippen LogP contribution in [0.4, 0.5) is 0 Å². The topological polar surface area (TPSA) is 57.9 Å². The van der Waals surface area contributed by atoms with E-state index in [0.29, 0.717) is 17.1 Å². The van der Waals surface area contributed by atoms with Crippen molar-refractivity contribution in [2.24, 2.45) is 0 Å². The molecule has 0 amide bonds. The molecule has 2 aromatic rings. The quantitative estimate of drug-likeness (QED) is 0.603. The van der Waals surface area contributed by atoms with Crippen molar-refractivity contribution in [3.8, 4) is 11.5 Å². The van der Waals surface area contributed by atoms with Gasteiger partial charge in [0.2, 0.25) is 5.75 Å². The van der Waals surface area contributed by atoms with E-state index in [1.165, 1.54) is 7.11 Å². The lowest BCUT2D eigenvalue weighted by atomic mass is 10.0. The molecule has 1 atom stereocenters. The fourth-order valence-electron chi connectivity index (χ4n) is 2.24. The van der Waals surface area contributed by atoms with Gasteiger partial charge in [0.05, 0.1) is 25.9 Å². The Kier molecular flexibility index (Phi) is 2.48. The molecule has 0 aliphatic carbocycles. The maximum atomic E-state index is 11.5. The molecule has 2 heterocycles. The number of furan rings is 1. The summed E-state index contributed by atoms with van der Waals surface area (Å²) < 4.78 is 21.2. The molecule has 5 heteroatoms. The molecule has 0 unspecified atom stereocenters. The average molecular weight is 248 g/mol. The van der Waals surface area contributed by atoms with Gasteiger partial charge in [-0.1, -0.05) is 0 Å². The van der Waals surface area contributed by atoms with Crippen LogP contribution in [0.25, 0.3) is 11.0 Å². The van der Waals surface area contributed by atoms with E-state index < -0.39 is 0 Å². The number of hydrogen-bond acceptors (Lipinski definition) is 5. The predicted octanol–water partition coefficient (Wildman–Crippen LogP) is 2.44. The number of methoxy groups -OCH3 is 2. The zero-order valence-electron chi connectivity index (χ0n) is 10.1. The molecular formula is C13H12O5. The average Bonchev–Trinajstić information content (AvgIpc) is 2.83. The Labute approximate surface area is 103 Å². The second-order valence-electron chi connectivity index (χ2n) is 4.07. The van der Waals surface area contributed by atoms with E-state index in [-0.39, 0.29) is 18.5 Å². The van der Waals surface area contributed by atoms with Gasteiger partial charge in [0.25, 0.3) is 0 Å². The van der Waals surface area contributed by atoms with Crippen molar-refractivity contribution in [2.45, 2.75) is 12.5 Å². The van der Waals surface area contributed by atoms with E-state index in [2.05, 4.69) is 0 Å². The van der Waals surface area contributed by atoms with Crippen molar-refractivity contribution in [1.29, 1.82) is 0 Å². The second-order valence-corrected chi connectivity index (χ2v) is 4.07. The summed E-state index contributed by atoms with van der Waals surface area (Å²) in [7, 11) is 3.08. The van der Waals surface area contributed by atoms with Gasteiger partial charge in [-0.3, -0.25) is 4.79 Å². The summed E-state index contributed by atoms with van der Waals surface area (Å²) in [5.41, 5.74) is 1.38. The van der Waals surface area contributed by atoms with Crippen LogP contribution in [0.2, 0.25) is 0 Å². The summed E-state index contributed by atoms with van der Waals surface area (Å²) in [5, 5.41) is 0.894. The largest absolute Gasteiger partial charge is 0.490 e. The van der Waals surface area contributed by atoms with Crippen molar-refractivity contribution in [3.63, 3.8) is 0 Å². The zero-order valence-corrected chi connectivity index (χ0v) is 10.1. The van der Waals surface area contributed by atoms with Crippen LogP contribution in [0.1, 0.15) is 18.1 Å². The first-order chi connectivity index (χ1) is 8.74. The standard InChI is InChI=1S/C13H12O5/c1-15-9-6-10(14)18-12-8(9)5-7-3-4-17-11(7)13(12)16-2/h3-5,9H,6H2,1-2H3/t9-/m0/s1. The molecule has 0 saturated heterocycles. The van der Waals surface area contributed by atoms with Gasteiger partial charge in [-0.25, -0.2) is 0 Å². The smallest absolute Gasteiger partial charge is 0.314 e. The number of ether oxygens (including phenoxy) is 3. The number of carbonyl (C=O) groups is 1. The zero-order chi connectivity index (χ0) is 12.7. The van der Waals surface area contributed by atoms with Gasteiger partial charge >= 0.3 is 5.97 Å². The molecule has 5 nitrogen and oxygen atoms in total. The van der Waals surface area contributed by atoms with Gasteiger partial charge in [-0.15, -0.1) is 0 Å². The molecule has 1 aromatic heterocycles. The lowest BCUT2D eigenvalue weighted by Gasteiger charge is -2.24. The van der Waals surface area contributed by atoms with E-state index in [1.54, 1.807) is 13.4 Å². The van der Waals surface area contributed by atoms with Crippen LogP contribution in [0.3, 0.4) is 0 Å². The Morgan fingerprint density at radius 3 is 2.94 bits per heavy atom.